The van der Waals surface area contributed by atoms with Crippen LogP contribution in [0.5, 0.6) is 0 Å². The van der Waals surface area contributed by atoms with Crippen molar-refractivity contribution < 1.29 is 14.6 Å². The monoisotopic (exact) mass is 540 g/mol. The van der Waals surface area contributed by atoms with Crippen LogP contribution >= 0.6 is 11.6 Å². The number of H-pyrrole nitrogens is 1. The molecule has 4 N–H and O–H groups in total. The number of nitrogens with zero attached hydrogens (tertiary/aromatic N) is 3. The molecule has 9 nitrogen and oxygen atoms in total. The number of aromatic amines is 1. The highest BCUT2D eigenvalue weighted by atomic mass is 35.5. The number of carbonyl (C=O) groups is 1. The molecule has 2 saturated heterocycles. The van der Waals surface area contributed by atoms with Gasteiger partial charge < -0.3 is 30.4 Å². The molecule has 204 valence electrons. The lowest BCUT2D eigenvalue weighted by molar-refractivity contribution is -0.124. The number of rotatable bonds is 9. The Kier molecular flexibility index (Phi) is 8.50. The summed E-state index contributed by atoms with van der Waals surface area (Å²) in [5.41, 5.74) is 4.82. The molecule has 0 aliphatic carbocycles. The van der Waals surface area contributed by atoms with Crippen LogP contribution in [0.4, 0.5) is 5.69 Å². The molecule has 2 fully saturated rings. The lowest BCUT2D eigenvalue weighted by Crippen LogP contribution is -2.50. The van der Waals surface area contributed by atoms with Gasteiger partial charge >= 0.3 is 0 Å². The van der Waals surface area contributed by atoms with Crippen LogP contribution < -0.4 is 15.5 Å². The molecular weight excluding hydrogens is 504 g/mol. The number of fused-ring (bicyclic) bond motifs is 1. The summed E-state index contributed by atoms with van der Waals surface area (Å²) in [4.78, 5) is 26.2. The summed E-state index contributed by atoms with van der Waals surface area (Å²) in [6.45, 7) is 8.62. The number of aliphatic hydroxyl groups excluding tert-OH is 1. The molecule has 5 rings (SSSR count). The fraction of sp³-hybridized carbons (Fsp3) is 0.500. The van der Waals surface area contributed by atoms with Gasteiger partial charge in [0.05, 0.1) is 23.7 Å². The SMILES string of the molecule is COCCN1CCN(c2cc(C)c3nc(C4C(=O)NCCC4NC[C@@H](O)c4cccc(Cl)c4)[nH]c3c2)CC1. The molecule has 3 atom stereocenters. The first-order valence-corrected chi connectivity index (χ1v) is 13.7. The van der Waals surface area contributed by atoms with Gasteiger partial charge in [-0.3, -0.25) is 9.69 Å². The van der Waals surface area contributed by atoms with Crippen LogP contribution in [0.1, 0.15) is 35.4 Å². The maximum Gasteiger partial charge on any atom is 0.232 e. The van der Waals surface area contributed by atoms with Crippen LogP contribution in [0.3, 0.4) is 0 Å². The van der Waals surface area contributed by atoms with Crippen LogP contribution in [-0.4, -0.2) is 91.5 Å². The number of amides is 1. The number of aliphatic hydroxyl groups is 1. The van der Waals surface area contributed by atoms with Crippen LogP contribution in [0.25, 0.3) is 11.0 Å². The van der Waals surface area contributed by atoms with Crippen molar-refractivity contribution in [3.63, 3.8) is 0 Å². The second kappa shape index (κ2) is 12.0. The quantitative estimate of drug-likeness (QED) is 0.330. The normalized spacial score (nSPS) is 21.6. The number of ether oxygens (including phenoxy) is 1. The molecular formula is C28H37ClN6O3. The molecule has 1 aromatic heterocycles. The van der Waals surface area contributed by atoms with Gasteiger partial charge in [0, 0.05) is 69.7 Å². The predicted molar refractivity (Wildman–Crippen MR) is 150 cm³/mol. The fourth-order valence-electron chi connectivity index (χ4n) is 5.51. The van der Waals surface area contributed by atoms with Gasteiger partial charge in [-0.05, 0) is 48.7 Å². The number of piperazine rings is 1. The number of nitrogens with one attached hydrogen (secondary N) is 3. The molecule has 10 heteroatoms. The van der Waals surface area contributed by atoms with Crippen molar-refractivity contribution in [2.24, 2.45) is 0 Å². The molecule has 2 aromatic carbocycles. The Labute approximate surface area is 228 Å². The summed E-state index contributed by atoms with van der Waals surface area (Å²) in [5, 5.41) is 17.7. The van der Waals surface area contributed by atoms with Crippen molar-refractivity contribution in [3.8, 4) is 0 Å². The van der Waals surface area contributed by atoms with Crippen LogP contribution in [0.2, 0.25) is 5.02 Å². The smallest absolute Gasteiger partial charge is 0.232 e. The van der Waals surface area contributed by atoms with E-state index in [1.165, 1.54) is 5.69 Å². The van der Waals surface area contributed by atoms with Gasteiger partial charge in [0.25, 0.3) is 0 Å². The minimum Gasteiger partial charge on any atom is -0.387 e. The van der Waals surface area contributed by atoms with Crippen molar-refractivity contribution in [2.45, 2.75) is 31.4 Å². The first-order valence-electron chi connectivity index (χ1n) is 13.3. The molecule has 1 amide bonds. The van der Waals surface area contributed by atoms with Gasteiger partial charge in [-0.15, -0.1) is 0 Å². The molecule has 2 aliphatic rings. The maximum atomic E-state index is 13.0. The molecule has 3 heterocycles. The zero-order chi connectivity index (χ0) is 26.6. The fourth-order valence-corrected chi connectivity index (χ4v) is 5.71. The third kappa shape index (κ3) is 5.97. The standard InChI is InChI=1S/C28H37ClN6O3/c1-18-14-21(35-10-8-34(9-11-35)12-13-38-2)16-23-26(18)33-27(32-23)25-22(6-7-30-28(25)37)31-17-24(36)19-4-3-5-20(29)15-19/h3-5,14-16,22,24-25,31,36H,6-13,17H2,1-2H3,(H,30,37)(H,32,33)/t22?,24-,25?/m1/s1. The Morgan fingerprint density at radius 3 is 2.82 bits per heavy atom. The van der Waals surface area contributed by atoms with E-state index in [0.717, 1.165) is 67.9 Å². The van der Waals surface area contributed by atoms with Crippen molar-refractivity contribution in [1.29, 1.82) is 0 Å². The van der Waals surface area contributed by atoms with Gasteiger partial charge in [-0.2, -0.15) is 0 Å². The van der Waals surface area contributed by atoms with E-state index in [9.17, 15) is 9.90 Å². The van der Waals surface area contributed by atoms with Gasteiger partial charge in [0.2, 0.25) is 5.91 Å². The Bertz CT molecular complexity index is 1260. The van der Waals surface area contributed by atoms with E-state index < -0.39 is 12.0 Å². The molecule has 0 bridgehead atoms. The highest BCUT2D eigenvalue weighted by Gasteiger charge is 2.36. The third-order valence-corrected chi connectivity index (χ3v) is 7.91. The molecule has 2 aliphatic heterocycles. The number of benzene rings is 2. The minimum atomic E-state index is -0.727. The van der Waals surface area contributed by atoms with E-state index in [0.29, 0.717) is 23.9 Å². The molecule has 2 unspecified atom stereocenters. The maximum absolute atomic E-state index is 13.0. The number of piperidine rings is 1. The summed E-state index contributed by atoms with van der Waals surface area (Å²) < 4.78 is 5.22. The van der Waals surface area contributed by atoms with E-state index >= 15 is 0 Å². The highest BCUT2D eigenvalue weighted by Crippen LogP contribution is 2.30. The van der Waals surface area contributed by atoms with Crippen molar-refractivity contribution in [3.05, 3.63) is 58.4 Å². The first kappa shape index (κ1) is 26.9. The average Bonchev–Trinajstić information content (AvgIpc) is 3.35. The second-order valence-electron chi connectivity index (χ2n) is 10.2. The molecule has 38 heavy (non-hydrogen) atoms. The topological polar surface area (TPSA) is 106 Å². The largest absolute Gasteiger partial charge is 0.387 e. The summed E-state index contributed by atoms with van der Waals surface area (Å²) in [6, 6.07) is 11.4. The summed E-state index contributed by atoms with van der Waals surface area (Å²) in [7, 11) is 1.74. The average molecular weight is 541 g/mol. The molecule has 0 radical (unpaired) electrons. The number of imidazole rings is 1. The number of aryl methyl sites for hydroxylation is 1. The molecule has 3 aromatic rings. The number of hydrogen-bond donors (Lipinski definition) is 4. The highest BCUT2D eigenvalue weighted by molar-refractivity contribution is 6.30. The van der Waals surface area contributed by atoms with Crippen molar-refractivity contribution >= 4 is 34.2 Å². The van der Waals surface area contributed by atoms with Crippen molar-refractivity contribution in [1.82, 2.24) is 25.5 Å². The van der Waals surface area contributed by atoms with E-state index in [4.69, 9.17) is 21.3 Å². The van der Waals surface area contributed by atoms with E-state index in [-0.39, 0.29) is 11.9 Å². The first-order chi connectivity index (χ1) is 18.4. The van der Waals surface area contributed by atoms with Gasteiger partial charge in [0.15, 0.2) is 0 Å². The second-order valence-corrected chi connectivity index (χ2v) is 10.7. The van der Waals surface area contributed by atoms with Crippen LogP contribution in [0, 0.1) is 6.92 Å². The van der Waals surface area contributed by atoms with Gasteiger partial charge in [-0.25, -0.2) is 4.98 Å². The number of methoxy groups -OCH3 is 1. The number of aromatic nitrogens is 2. The van der Waals surface area contributed by atoms with E-state index in [1.807, 2.05) is 12.1 Å². The zero-order valence-corrected chi connectivity index (χ0v) is 22.8. The van der Waals surface area contributed by atoms with Gasteiger partial charge in [-0.1, -0.05) is 23.7 Å². The Hall–Kier alpha value is -2.69. The summed E-state index contributed by atoms with van der Waals surface area (Å²) in [5.74, 6) is 0.113. The Balaban J connectivity index is 1.31. The van der Waals surface area contributed by atoms with Gasteiger partial charge in [0.1, 0.15) is 11.7 Å². The lowest BCUT2D eigenvalue weighted by Gasteiger charge is -2.36. The Morgan fingerprint density at radius 1 is 1.24 bits per heavy atom. The number of halogens is 1. The number of hydrogen-bond acceptors (Lipinski definition) is 7. The van der Waals surface area contributed by atoms with E-state index in [1.54, 1.807) is 19.2 Å². The van der Waals surface area contributed by atoms with E-state index in [2.05, 4.69) is 44.5 Å². The zero-order valence-electron chi connectivity index (χ0n) is 22.0. The molecule has 0 spiro atoms. The van der Waals surface area contributed by atoms with Crippen LogP contribution in [-0.2, 0) is 9.53 Å². The minimum absolute atomic E-state index is 0.0601. The number of anilines is 1. The molecule has 0 saturated carbocycles. The summed E-state index contributed by atoms with van der Waals surface area (Å²) >= 11 is 6.09. The lowest BCUT2D eigenvalue weighted by atomic mass is 9.91. The third-order valence-electron chi connectivity index (χ3n) is 7.67. The Morgan fingerprint density at radius 2 is 2.05 bits per heavy atom. The summed E-state index contributed by atoms with van der Waals surface area (Å²) in [6.07, 6.45) is 0.0163. The predicted octanol–water partition coefficient (Wildman–Crippen LogP) is 2.59. The van der Waals surface area contributed by atoms with Crippen molar-refractivity contribution in [2.75, 3.05) is 64.4 Å². The number of carbonyl (C=O) groups excluding carboxylic acids is 1. The van der Waals surface area contributed by atoms with Crippen LogP contribution in [0.15, 0.2) is 36.4 Å².